The molecule has 0 amide bonds. The van der Waals surface area contributed by atoms with Gasteiger partial charge in [-0.05, 0) is 31.1 Å². The van der Waals surface area contributed by atoms with Crippen molar-refractivity contribution in [3.05, 3.63) is 0 Å². The molecule has 0 aromatic rings. The minimum absolute atomic E-state index is 0.0620. The van der Waals surface area contributed by atoms with Crippen LogP contribution in [0.2, 0.25) is 0 Å². The predicted molar refractivity (Wildman–Crippen MR) is 298 cm³/mol. The molecule has 0 spiro atoms. The summed E-state index contributed by atoms with van der Waals surface area (Å²) in [5.41, 5.74) is 0. The number of rotatable bonds is 57. The number of esters is 3. The Kier molecular flexibility index (Phi) is 54.4. The average Bonchev–Trinajstić information content (AvgIpc) is 3.32. The molecular formula is C63H122O6. The van der Waals surface area contributed by atoms with Crippen LogP contribution in [0.15, 0.2) is 0 Å². The molecule has 0 saturated heterocycles. The minimum Gasteiger partial charge on any atom is -0.462 e. The maximum Gasteiger partial charge on any atom is 0.306 e. The van der Waals surface area contributed by atoms with Gasteiger partial charge in [-0.3, -0.25) is 14.4 Å². The molecule has 0 aliphatic carbocycles. The minimum atomic E-state index is -0.763. The van der Waals surface area contributed by atoms with E-state index in [9.17, 15) is 14.4 Å². The fourth-order valence-electron chi connectivity index (χ4n) is 9.76. The molecule has 0 fully saturated rings. The Morgan fingerprint density at radius 1 is 0.275 bits per heavy atom. The van der Waals surface area contributed by atoms with E-state index in [0.29, 0.717) is 19.3 Å². The highest BCUT2D eigenvalue weighted by atomic mass is 16.6. The summed E-state index contributed by atoms with van der Waals surface area (Å²) in [5, 5.41) is 0. The Morgan fingerprint density at radius 3 is 0.710 bits per heavy atom. The van der Waals surface area contributed by atoms with E-state index in [1.54, 1.807) is 0 Å². The summed E-state index contributed by atoms with van der Waals surface area (Å²) in [4.78, 5) is 38.3. The van der Waals surface area contributed by atoms with Crippen LogP contribution in [0.3, 0.4) is 0 Å². The lowest BCUT2D eigenvalue weighted by molar-refractivity contribution is -0.167. The lowest BCUT2D eigenvalue weighted by Crippen LogP contribution is -2.30. The third-order valence-electron chi connectivity index (χ3n) is 14.5. The van der Waals surface area contributed by atoms with Gasteiger partial charge in [0.2, 0.25) is 0 Å². The quantitative estimate of drug-likeness (QED) is 0.0343. The molecule has 0 unspecified atom stereocenters. The Balaban J connectivity index is 4.29. The zero-order valence-electron chi connectivity index (χ0n) is 47.5. The highest BCUT2D eigenvalue weighted by Crippen LogP contribution is 2.19. The van der Waals surface area contributed by atoms with E-state index >= 15 is 0 Å². The molecule has 0 rings (SSSR count). The number of hydrogen-bond donors (Lipinski definition) is 0. The second-order valence-corrected chi connectivity index (χ2v) is 22.6. The summed E-state index contributed by atoms with van der Waals surface area (Å²) in [7, 11) is 0. The predicted octanol–water partition coefficient (Wildman–Crippen LogP) is 20.8. The van der Waals surface area contributed by atoms with Crippen molar-refractivity contribution in [2.45, 2.75) is 362 Å². The first-order valence-electron chi connectivity index (χ1n) is 31.2. The average molecular weight is 976 g/mol. The lowest BCUT2D eigenvalue weighted by atomic mass is 10.0. The Labute approximate surface area is 431 Å². The van der Waals surface area contributed by atoms with E-state index in [1.807, 2.05) is 0 Å². The SMILES string of the molecule is CCCCCCCCCCCCCCCCCCCCC(=O)OC[C@@H](COC(=O)CCCCCCCCCCCCCCCCC(C)C)OC(=O)CCCCCCCCCCCCCCCC(C)C. The summed E-state index contributed by atoms with van der Waals surface area (Å²) in [6, 6.07) is 0. The van der Waals surface area contributed by atoms with Gasteiger partial charge in [0.15, 0.2) is 6.10 Å². The molecule has 69 heavy (non-hydrogen) atoms. The van der Waals surface area contributed by atoms with Crippen LogP contribution in [0.1, 0.15) is 356 Å². The van der Waals surface area contributed by atoms with E-state index < -0.39 is 6.10 Å². The van der Waals surface area contributed by atoms with Gasteiger partial charge in [0.1, 0.15) is 13.2 Å². The maximum absolute atomic E-state index is 12.9. The summed E-state index contributed by atoms with van der Waals surface area (Å²) >= 11 is 0. The molecular weight excluding hydrogens is 853 g/mol. The molecule has 6 nitrogen and oxygen atoms in total. The standard InChI is InChI=1S/C63H122O6/c1-6-7-8-9-10-11-12-13-14-15-16-17-23-28-33-38-43-48-53-61(64)67-56-60(69-63(66)55-50-45-40-35-30-25-20-22-27-32-37-42-47-52-59(4)5)57-68-62(65)54-49-44-39-34-29-24-19-18-21-26-31-36-41-46-51-58(2)3/h58-60H,6-57H2,1-5H3/t60-/m0/s1. The molecule has 0 N–H and O–H groups in total. The number of unbranched alkanes of at least 4 members (excludes halogenated alkanes) is 42. The van der Waals surface area contributed by atoms with Gasteiger partial charge in [-0.15, -0.1) is 0 Å². The maximum atomic E-state index is 12.9. The largest absolute Gasteiger partial charge is 0.462 e. The van der Waals surface area contributed by atoms with Gasteiger partial charge in [-0.1, -0.05) is 317 Å². The molecule has 6 heteroatoms. The first-order chi connectivity index (χ1) is 33.7. The van der Waals surface area contributed by atoms with Crippen LogP contribution in [0.25, 0.3) is 0 Å². The first-order valence-corrected chi connectivity index (χ1v) is 31.2. The van der Waals surface area contributed by atoms with Crippen molar-refractivity contribution in [2.75, 3.05) is 13.2 Å². The van der Waals surface area contributed by atoms with Crippen LogP contribution in [-0.4, -0.2) is 37.2 Å². The van der Waals surface area contributed by atoms with E-state index in [-0.39, 0.29) is 31.1 Å². The van der Waals surface area contributed by atoms with Crippen molar-refractivity contribution >= 4 is 17.9 Å². The van der Waals surface area contributed by atoms with E-state index in [2.05, 4.69) is 34.6 Å². The van der Waals surface area contributed by atoms with Crippen LogP contribution in [0.5, 0.6) is 0 Å². The van der Waals surface area contributed by atoms with Crippen molar-refractivity contribution in [3.8, 4) is 0 Å². The number of hydrogen-bond acceptors (Lipinski definition) is 6. The zero-order valence-corrected chi connectivity index (χ0v) is 47.5. The second kappa shape index (κ2) is 55.7. The topological polar surface area (TPSA) is 78.9 Å². The first kappa shape index (κ1) is 67.4. The Morgan fingerprint density at radius 2 is 0.478 bits per heavy atom. The molecule has 0 heterocycles. The van der Waals surface area contributed by atoms with Gasteiger partial charge >= 0.3 is 17.9 Å². The van der Waals surface area contributed by atoms with Gasteiger partial charge in [0.25, 0.3) is 0 Å². The fraction of sp³-hybridized carbons (Fsp3) is 0.952. The molecule has 1 atom stereocenters. The van der Waals surface area contributed by atoms with Crippen LogP contribution >= 0.6 is 0 Å². The molecule has 0 aliphatic heterocycles. The molecule has 0 aromatic heterocycles. The van der Waals surface area contributed by atoms with Crippen molar-refractivity contribution in [2.24, 2.45) is 11.8 Å². The van der Waals surface area contributed by atoms with Gasteiger partial charge in [0.05, 0.1) is 0 Å². The molecule has 0 aliphatic rings. The third kappa shape index (κ3) is 57.2. The number of ether oxygens (including phenoxy) is 3. The van der Waals surface area contributed by atoms with Crippen molar-refractivity contribution < 1.29 is 28.6 Å². The van der Waals surface area contributed by atoms with E-state index in [1.165, 1.54) is 244 Å². The zero-order chi connectivity index (χ0) is 50.4. The lowest BCUT2D eigenvalue weighted by Gasteiger charge is -2.18. The van der Waals surface area contributed by atoms with Crippen molar-refractivity contribution in [1.82, 2.24) is 0 Å². The number of carbonyl (C=O) groups is 3. The molecule has 0 saturated carbocycles. The fourth-order valence-corrected chi connectivity index (χ4v) is 9.76. The molecule has 0 radical (unpaired) electrons. The molecule has 0 bridgehead atoms. The van der Waals surface area contributed by atoms with Crippen LogP contribution < -0.4 is 0 Å². The summed E-state index contributed by atoms with van der Waals surface area (Å²) in [6.45, 7) is 11.4. The van der Waals surface area contributed by atoms with Crippen LogP contribution in [0.4, 0.5) is 0 Å². The van der Waals surface area contributed by atoms with Gasteiger partial charge in [-0.25, -0.2) is 0 Å². The van der Waals surface area contributed by atoms with Gasteiger partial charge < -0.3 is 14.2 Å². The second-order valence-electron chi connectivity index (χ2n) is 22.6. The third-order valence-corrected chi connectivity index (χ3v) is 14.5. The van der Waals surface area contributed by atoms with Gasteiger partial charge in [-0.2, -0.15) is 0 Å². The monoisotopic (exact) mass is 975 g/mol. The Hall–Kier alpha value is -1.59. The van der Waals surface area contributed by atoms with E-state index in [0.717, 1.165) is 69.6 Å². The van der Waals surface area contributed by atoms with Crippen molar-refractivity contribution in [3.63, 3.8) is 0 Å². The highest BCUT2D eigenvalue weighted by molar-refractivity contribution is 5.71. The molecule has 410 valence electrons. The smallest absolute Gasteiger partial charge is 0.306 e. The number of carbonyl (C=O) groups excluding carboxylic acids is 3. The summed E-state index contributed by atoms with van der Waals surface area (Å²) in [5.74, 6) is 0.850. The Bertz CT molecular complexity index is 1060. The summed E-state index contributed by atoms with van der Waals surface area (Å²) < 4.78 is 16.9. The summed E-state index contributed by atoms with van der Waals surface area (Å²) in [6.07, 6.45) is 61.0. The van der Waals surface area contributed by atoms with Crippen molar-refractivity contribution in [1.29, 1.82) is 0 Å². The van der Waals surface area contributed by atoms with Gasteiger partial charge in [0, 0.05) is 19.3 Å². The normalized spacial score (nSPS) is 12.0. The van der Waals surface area contributed by atoms with E-state index in [4.69, 9.17) is 14.2 Å². The van der Waals surface area contributed by atoms with Crippen LogP contribution in [-0.2, 0) is 28.6 Å². The van der Waals surface area contributed by atoms with Crippen LogP contribution in [0, 0.1) is 11.8 Å². The molecule has 0 aromatic carbocycles. The highest BCUT2D eigenvalue weighted by Gasteiger charge is 2.19.